The van der Waals surface area contributed by atoms with Crippen molar-refractivity contribution in [3.63, 3.8) is 0 Å². The highest BCUT2D eigenvalue weighted by Gasteiger charge is 1.96. The molecule has 0 saturated carbocycles. The van der Waals surface area contributed by atoms with Gasteiger partial charge in [-0.15, -0.1) is 12.3 Å². The molecule has 0 unspecified atom stereocenters. The summed E-state index contributed by atoms with van der Waals surface area (Å²) < 4.78 is 0. The minimum Gasteiger partial charge on any atom is -0.120 e. The summed E-state index contributed by atoms with van der Waals surface area (Å²) in [6.45, 7) is 3.48. The van der Waals surface area contributed by atoms with Crippen LogP contribution in [0.2, 0.25) is 0 Å². The van der Waals surface area contributed by atoms with Crippen molar-refractivity contribution in [2.45, 2.75) is 6.42 Å². The van der Waals surface area contributed by atoms with Gasteiger partial charge in [0.15, 0.2) is 0 Å². The van der Waals surface area contributed by atoms with Gasteiger partial charge in [-0.05, 0) is 40.6 Å². The number of fused-ring (bicyclic) bond motifs is 1. The van der Waals surface area contributed by atoms with Crippen LogP contribution in [0.15, 0.2) is 54.4 Å². The molecular weight excluding hydrogens is 204 g/mol. The molecule has 80 valence electrons. The molecule has 0 amide bonds. The minimum atomic E-state index is 0.677. The highest BCUT2D eigenvalue weighted by molar-refractivity contribution is 5.85. The quantitative estimate of drug-likeness (QED) is 0.526. The Morgan fingerprint density at radius 2 is 1.88 bits per heavy atom. The van der Waals surface area contributed by atoms with Crippen LogP contribution in [0, 0.1) is 12.3 Å². The predicted octanol–water partition coefficient (Wildman–Crippen LogP) is 3.97. The van der Waals surface area contributed by atoms with Gasteiger partial charge in [0.2, 0.25) is 0 Å². The fourth-order valence-electron chi connectivity index (χ4n) is 1.77. The molecule has 2 aromatic carbocycles. The van der Waals surface area contributed by atoms with Crippen molar-refractivity contribution in [3.8, 4) is 12.3 Å². The Morgan fingerprint density at radius 3 is 2.65 bits per heavy atom. The van der Waals surface area contributed by atoms with Gasteiger partial charge < -0.3 is 0 Å². The Bertz CT molecular complexity index is 671. The van der Waals surface area contributed by atoms with Gasteiger partial charge in [-0.2, -0.15) is 0 Å². The zero-order valence-electron chi connectivity index (χ0n) is 9.53. The third-order valence-corrected chi connectivity index (χ3v) is 2.58. The summed E-state index contributed by atoms with van der Waals surface area (Å²) in [5, 5.41) is 2.41. The third-order valence-electron chi connectivity index (χ3n) is 2.58. The van der Waals surface area contributed by atoms with E-state index in [0.29, 0.717) is 6.42 Å². The van der Waals surface area contributed by atoms with Gasteiger partial charge in [-0.3, -0.25) is 0 Å². The summed E-state index contributed by atoms with van der Waals surface area (Å²) >= 11 is 0. The molecule has 0 bridgehead atoms. The van der Waals surface area contributed by atoms with Gasteiger partial charge in [0.25, 0.3) is 0 Å². The molecule has 2 aromatic rings. The average Bonchev–Trinajstić information content (AvgIpc) is 2.36. The van der Waals surface area contributed by atoms with Gasteiger partial charge >= 0.3 is 0 Å². The predicted molar refractivity (Wildman–Crippen MR) is 73.6 cm³/mol. The molecule has 0 heterocycles. The molecule has 0 radical (unpaired) electrons. The summed E-state index contributed by atoms with van der Waals surface area (Å²) in [4.78, 5) is 0. The van der Waals surface area contributed by atoms with E-state index in [2.05, 4.69) is 54.3 Å². The van der Waals surface area contributed by atoms with Crippen molar-refractivity contribution in [1.29, 1.82) is 0 Å². The van der Waals surface area contributed by atoms with E-state index in [9.17, 15) is 0 Å². The summed E-state index contributed by atoms with van der Waals surface area (Å²) in [5.41, 5.74) is 7.73. The first-order valence-corrected chi connectivity index (χ1v) is 5.40. The Kier molecular flexibility index (Phi) is 3.29. The first kappa shape index (κ1) is 11.1. The fraction of sp³-hybridized carbons (Fsp3) is 0.0588. The van der Waals surface area contributed by atoms with Crippen LogP contribution < -0.4 is 0 Å². The zero-order valence-corrected chi connectivity index (χ0v) is 9.53. The molecule has 0 spiro atoms. The molecular formula is C17H12. The van der Waals surface area contributed by atoms with E-state index in [-0.39, 0.29) is 0 Å². The van der Waals surface area contributed by atoms with Gasteiger partial charge in [0.05, 0.1) is 0 Å². The molecule has 0 heteroatoms. The van der Waals surface area contributed by atoms with Crippen molar-refractivity contribution in [2.24, 2.45) is 0 Å². The van der Waals surface area contributed by atoms with Crippen LogP contribution in [-0.4, -0.2) is 0 Å². The lowest BCUT2D eigenvalue weighted by Crippen LogP contribution is -1.82. The molecule has 17 heavy (non-hydrogen) atoms. The third kappa shape index (κ3) is 2.57. The fourth-order valence-corrected chi connectivity index (χ4v) is 1.77. The second kappa shape index (κ2) is 5.06. The molecule has 0 nitrogen and oxygen atoms in total. The number of benzene rings is 2. The first-order valence-electron chi connectivity index (χ1n) is 5.40. The van der Waals surface area contributed by atoms with E-state index in [4.69, 9.17) is 6.42 Å². The van der Waals surface area contributed by atoms with Crippen LogP contribution in [0.25, 0.3) is 16.8 Å². The highest BCUT2D eigenvalue weighted by Crippen LogP contribution is 2.18. The lowest BCUT2D eigenvalue weighted by atomic mass is 10.0. The summed E-state index contributed by atoms with van der Waals surface area (Å²) in [6.07, 6.45) is 7.85. The van der Waals surface area contributed by atoms with Crippen LogP contribution in [-0.2, 0) is 6.42 Å². The van der Waals surface area contributed by atoms with E-state index < -0.39 is 0 Å². The van der Waals surface area contributed by atoms with E-state index in [1.54, 1.807) is 0 Å². The normalized spacial score (nSPS) is 9.12. The monoisotopic (exact) mass is 216 g/mol. The number of hydrogen-bond donors (Lipinski definition) is 0. The summed E-state index contributed by atoms with van der Waals surface area (Å²) in [6, 6.07) is 12.5. The van der Waals surface area contributed by atoms with Gasteiger partial charge in [-0.25, -0.2) is 0 Å². The largest absolute Gasteiger partial charge is 0.120 e. The number of terminal acetylenes is 1. The maximum absolute atomic E-state index is 5.31. The highest BCUT2D eigenvalue weighted by atomic mass is 14.0. The van der Waals surface area contributed by atoms with Crippen LogP contribution in [0.3, 0.4) is 0 Å². The standard InChI is InChI=1S/C17H12/c1-3-5-7-15-9-11-16-12-14(6-4-2)8-10-17(16)13-15/h2,7-13H,1,6H2. The molecule has 0 aliphatic rings. The average molecular weight is 216 g/mol. The maximum Gasteiger partial charge on any atom is 0.0337 e. The van der Waals surface area contributed by atoms with Crippen molar-refractivity contribution >= 4 is 16.8 Å². The molecule has 0 fully saturated rings. The Morgan fingerprint density at radius 1 is 1.12 bits per heavy atom. The van der Waals surface area contributed by atoms with Crippen molar-refractivity contribution in [3.05, 3.63) is 65.6 Å². The van der Waals surface area contributed by atoms with E-state index in [1.807, 2.05) is 12.1 Å². The smallest absolute Gasteiger partial charge is 0.0337 e. The van der Waals surface area contributed by atoms with Crippen LogP contribution in [0.1, 0.15) is 11.1 Å². The van der Waals surface area contributed by atoms with Crippen molar-refractivity contribution < 1.29 is 0 Å². The van der Waals surface area contributed by atoms with E-state index in [0.717, 1.165) is 5.56 Å². The SMILES string of the molecule is C#CCc1ccc2cc(C=C=C=C)ccc2c1. The van der Waals surface area contributed by atoms with Crippen LogP contribution in [0.5, 0.6) is 0 Å². The van der Waals surface area contributed by atoms with Crippen LogP contribution in [0.4, 0.5) is 0 Å². The van der Waals surface area contributed by atoms with Crippen LogP contribution >= 0.6 is 0 Å². The topological polar surface area (TPSA) is 0 Å². The van der Waals surface area contributed by atoms with Crippen molar-refractivity contribution in [1.82, 2.24) is 0 Å². The molecule has 2 rings (SSSR count). The van der Waals surface area contributed by atoms with Gasteiger partial charge in [0, 0.05) is 6.42 Å². The molecule has 0 N–H and O–H groups in total. The maximum atomic E-state index is 5.31. The Labute approximate surface area is 102 Å². The molecule has 0 atom stereocenters. The minimum absolute atomic E-state index is 0.677. The number of hydrogen-bond acceptors (Lipinski definition) is 0. The first-order chi connectivity index (χ1) is 8.33. The van der Waals surface area contributed by atoms with Gasteiger partial charge in [0.1, 0.15) is 0 Å². The van der Waals surface area contributed by atoms with E-state index in [1.165, 1.54) is 16.3 Å². The van der Waals surface area contributed by atoms with E-state index >= 15 is 0 Å². The van der Waals surface area contributed by atoms with Gasteiger partial charge in [-0.1, -0.05) is 41.8 Å². The summed E-state index contributed by atoms with van der Waals surface area (Å²) in [5.74, 6) is 2.66. The zero-order chi connectivity index (χ0) is 12.1. The molecule has 0 aromatic heterocycles. The summed E-state index contributed by atoms with van der Waals surface area (Å²) in [7, 11) is 0. The lowest BCUT2D eigenvalue weighted by molar-refractivity contribution is 1.34. The van der Waals surface area contributed by atoms with Crippen molar-refractivity contribution in [2.75, 3.05) is 0 Å². The second-order valence-electron chi connectivity index (χ2n) is 3.79. The number of rotatable bonds is 2. The Balaban J connectivity index is 2.50. The lowest BCUT2D eigenvalue weighted by Gasteiger charge is -2.01. The molecule has 0 aliphatic carbocycles. The second-order valence-corrected chi connectivity index (χ2v) is 3.79. The molecule has 0 aliphatic heterocycles. The Hall–Kier alpha value is -2.44. The molecule has 0 saturated heterocycles.